The van der Waals surface area contributed by atoms with Crippen molar-refractivity contribution in [3.8, 4) is 11.8 Å². The van der Waals surface area contributed by atoms with Crippen LogP contribution in [0, 0.1) is 0 Å². The van der Waals surface area contributed by atoms with Crippen molar-refractivity contribution in [2.24, 2.45) is 7.05 Å². The van der Waals surface area contributed by atoms with E-state index >= 15 is 0 Å². The van der Waals surface area contributed by atoms with Crippen LogP contribution in [0.5, 0.6) is 11.8 Å². The minimum atomic E-state index is 0.280. The van der Waals surface area contributed by atoms with Crippen LogP contribution in [0.3, 0.4) is 0 Å². The van der Waals surface area contributed by atoms with Gasteiger partial charge in [0.2, 0.25) is 0 Å². The fourth-order valence-electron chi connectivity index (χ4n) is 1.06. The normalized spacial score (nSPS) is 10.3. The predicted octanol–water partition coefficient (Wildman–Crippen LogP) is 1.95. The van der Waals surface area contributed by atoms with Gasteiger partial charge in [-0.1, -0.05) is 15.9 Å². The first kappa shape index (κ1) is 9.97. The van der Waals surface area contributed by atoms with E-state index in [-0.39, 0.29) is 6.01 Å². The average molecular weight is 269 g/mol. The maximum Gasteiger partial charge on any atom is 0.341 e. The van der Waals surface area contributed by atoms with E-state index in [2.05, 4.69) is 26.0 Å². The number of halogens is 1. The molecule has 2 N–H and O–H groups in total. The lowest BCUT2D eigenvalue weighted by Gasteiger charge is -2.04. The molecule has 2 aromatic rings. The van der Waals surface area contributed by atoms with Gasteiger partial charge < -0.3 is 10.5 Å². The Hall–Kier alpha value is -1.56. The molecule has 0 aliphatic heterocycles. The Morgan fingerprint density at radius 2 is 2.27 bits per heavy atom. The van der Waals surface area contributed by atoms with E-state index in [1.807, 2.05) is 6.07 Å². The zero-order valence-corrected chi connectivity index (χ0v) is 9.60. The molecule has 0 unspecified atom stereocenters. The van der Waals surface area contributed by atoms with Gasteiger partial charge in [-0.25, -0.2) is 0 Å². The minimum absolute atomic E-state index is 0.280. The lowest BCUT2D eigenvalue weighted by Crippen LogP contribution is -1.94. The summed E-state index contributed by atoms with van der Waals surface area (Å²) in [5.74, 6) is 0.538. The number of anilines is 1. The van der Waals surface area contributed by atoms with Gasteiger partial charge in [0, 0.05) is 11.5 Å². The highest BCUT2D eigenvalue weighted by atomic mass is 79.9. The maximum atomic E-state index is 5.74. The number of aryl methyl sites for hydroxylation is 1. The maximum absolute atomic E-state index is 5.74. The molecular weight excluding hydrogens is 260 g/mol. The van der Waals surface area contributed by atoms with Gasteiger partial charge >= 0.3 is 6.01 Å². The number of nitrogens with two attached hydrogens (primary N) is 1. The van der Waals surface area contributed by atoms with Gasteiger partial charge in [0.25, 0.3) is 0 Å². The number of rotatable bonds is 2. The molecule has 0 atom stereocenters. The summed E-state index contributed by atoms with van der Waals surface area (Å²) in [6, 6.07) is 5.64. The van der Waals surface area contributed by atoms with Crippen molar-refractivity contribution in [2.45, 2.75) is 0 Å². The van der Waals surface area contributed by atoms with Gasteiger partial charge in [0.1, 0.15) is 6.33 Å². The molecule has 0 saturated carbocycles. The van der Waals surface area contributed by atoms with Gasteiger partial charge in [0.05, 0.1) is 5.69 Å². The number of hydrogen-bond acceptors (Lipinski definition) is 4. The highest BCUT2D eigenvalue weighted by Gasteiger charge is 2.05. The van der Waals surface area contributed by atoms with Gasteiger partial charge in [-0.3, -0.25) is 4.68 Å². The predicted molar refractivity (Wildman–Crippen MR) is 59.6 cm³/mol. The van der Waals surface area contributed by atoms with E-state index in [9.17, 15) is 0 Å². The molecule has 0 spiro atoms. The van der Waals surface area contributed by atoms with Crippen molar-refractivity contribution in [1.82, 2.24) is 14.8 Å². The fraction of sp³-hybridized carbons (Fsp3) is 0.111. The number of aromatic nitrogens is 3. The smallest absolute Gasteiger partial charge is 0.341 e. The lowest BCUT2D eigenvalue weighted by molar-refractivity contribution is 0.440. The average Bonchev–Trinajstić information content (AvgIpc) is 2.58. The third kappa shape index (κ3) is 2.27. The highest BCUT2D eigenvalue weighted by molar-refractivity contribution is 9.10. The zero-order valence-electron chi connectivity index (χ0n) is 8.01. The molecule has 0 radical (unpaired) electrons. The Kier molecular flexibility index (Phi) is 2.59. The zero-order chi connectivity index (χ0) is 10.8. The van der Waals surface area contributed by atoms with Crippen LogP contribution in [0.4, 0.5) is 5.69 Å². The van der Waals surface area contributed by atoms with Gasteiger partial charge in [-0.05, 0) is 18.2 Å². The molecule has 15 heavy (non-hydrogen) atoms. The first-order chi connectivity index (χ1) is 7.15. The van der Waals surface area contributed by atoms with E-state index in [1.54, 1.807) is 30.2 Å². The summed E-state index contributed by atoms with van der Waals surface area (Å²) >= 11 is 3.33. The summed E-state index contributed by atoms with van der Waals surface area (Å²) in [5, 5.41) is 3.99. The quantitative estimate of drug-likeness (QED) is 0.846. The summed E-state index contributed by atoms with van der Waals surface area (Å²) in [5.41, 5.74) is 6.28. The monoisotopic (exact) mass is 268 g/mol. The number of ether oxygens (including phenoxy) is 1. The summed E-state index contributed by atoms with van der Waals surface area (Å²) in [4.78, 5) is 3.94. The molecule has 6 heteroatoms. The number of nitrogen functional groups attached to an aromatic ring is 1. The lowest BCUT2D eigenvalue weighted by atomic mass is 10.3. The topological polar surface area (TPSA) is 66.0 Å². The Labute approximate surface area is 95.0 Å². The summed E-state index contributed by atoms with van der Waals surface area (Å²) in [6.07, 6.45) is 1.56. The van der Waals surface area contributed by atoms with Crippen LogP contribution in [-0.4, -0.2) is 14.8 Å². The molecular formula is C9H9BrN4O. The molecule has 0 fully saturated rings. The SMILES string of the molecule is Cn1cnc(Oc2cc(Br)ccc2N)n1. The van der Waals surface area contributed by atoms with Crippen molar-refractivity contribution >= 4 is 21.6 Å². The summed E-state index contributed by atoms with van der Waals surface area (Å²) < 4.78 is 7.86. The second-order valence-electron chi connectivity index (χ2n) is 2.99. The number of benzene rings is 1. The number of nitrogens with zero attached hydrogens (tertiary/aromatic N) is 3. The van der Waals surface area contributed by atoms with E-state index in [1.165, 1.54) is 0 Å². The van der Waals surface area contributed by atoms with E-state index in [0.29, 0.717) is 11.4 Å². The Balaban J connectivity index is 2.27. The van der Waals surface area contributed by atoms with Crippen LogP contribution >= 0.6 is 15.9 Å². The third-order valence-corrected chi connectivity index (χ3v) is 2.25. The molecule has 1 heterocycles. The van der Waals surface area contributed by atoms with Gasteiger partial charge in [0.15, 0.2) is 5.75 Å². The van der Waals surface area contributed by atoms with Crippen LogP contribution in [0.2, 0.25) is 0 Å². The molecule has 5 nitrogen and oxygen atoms in total. The van der Waals surface area contributed by atoms with Crippen LogP contribution in [0.1, 0.15) is 0 Å². The third-order valence-electron chi connectivity index (χ3n) is 1.76. The second kappa shape index (κ2) is 3.90. The molecule has 1 aromatic heterocycles. The van der Waals surface area contributed by atoms with Crippen LogP contribution in [-0.2, 0) is 7.05 Å². The fourth-order valence-corrected chi connectivity index (χ4v) is 1.40. The molecule has 0 aliphatic rings. The van der Waals surface area contributed by atoms with E-state index in [4.69, 9.17) is 10.5 Å². The summed E-state index contributed by atoms with van der Waals surface area (Å²) in [6.45, 7) is 0. The molecule has 2 rings (SSSR count). The Morgan fingerprint density at radius 1 is 1.47 bits per heavy atom. The molecule has 1 aromatic carbocycles. The first-order valence-corrected chi connectivity index (χ1v) is 5.03. The summed E-state index contributed by atoms with van der Waals surface area (Å²) in [7, 11) is 1.77. The number of hydrogen-bond donors (Lipinski definition) is 1. The van der Waals surface area contributed by atoms with E-state index < -0.39 is 0 Å². The van der Waals surface area contributed by atoms with Crippen molar-refractivity contribution in [1.29, 1.82) is 0 Å². The van der Waals surface area contributed by atoms with Crippen molar-refractivity contribution in [2.75, 3.05) is 5.73 Å². The standard InChI is InChI=1S/C9H9BrN4O/c1-14-5-12-9(13-14)15-8-4-6(10)2-3-7(8)11/h2-5H,11H2,1H3. The van der Waals surface area contributed by atoms with E-state index in [0.717, 1.165) is 4.47 Å². The van der Waals surface area contributed by atoms with Crippen LogP contribution in [0.25, 0.3) is 0 Å². The Morgan fingerprint density at radius 3 is 2.93 bits per heavy atom. The highest BCUT2D eigenvalue weighted by Crippen LogP contribution is 2.28. The largest absolute Gasteiger partial charge is 0.421 e. The van der Waals surface area contributed by atoms with Gasteiger partial charge in [-0.2, -0.15) is 4.98 Å². The van der Waals surface area contributed by atoms with Gasteiger partial charge in [-0.15, -0.1) is 5.10 Å². The minimum Gasteiger partial charge on any atom is -0.421 e. The second-order valence-corrected chi connectivity index (χ2v) is 3.90. The molecule has 78 valence electrons. The molecule has 0 bridgehead atoms. The van der Waals surface area contributed by atoms with Crippen LogP contribution < -0.4 is 10.5 Å². The van der Waals surface area contributed by atoms with Crippen molar-refractivity contribution in [3.63, 3.8) is 0 Å². The van der Waals surface area contributed by atoms with Crippen molar-refractivity contribution in [3.05, 3.63) is 29.0 Å². The molecule has 0 saturated heterocycles. The Bertz CT molecular complexity index is 483. The molecule has 0 amide bonds. The molecule has 0 aliphatic carbocycles. The van der Waals surface area contributed by atoms with Crippen LogP contribution in [0.15, 0.2) is 29.0 Å². The first-order valence-electron chi connectivity index (χ1n) is 4.23. The van der Waals surface area contributed by atoms with Crippen molar-refractivity contribution < 1.29 is 4.74 Å².